The van der Waals surface area contributed by atoms with Gasteiger partial charge in [-0.1, -0.05) is 32.1 Å². The molecule has 2 heterocycles. The lowest BCUT2D eigenvalue weighted by Crippen LogP contribution is -2.31. The first-order valence-corrected chi connectivity index (χ1v) is 11.4. The summed E-state index contributed by atoms with van der Waals surface area (Å²) >= 11 is 1.68. The van der Waals surface area contributed by atoms with Crippen molar-refractivity contribution in [1.82, 2.24) is 4.98 Å². The van der Waals surface area contributed by atoms with Crippen molar-refractivity contribution in [2.75, 3.05) is 0 Å². The van der Waals surface area contributed by atoms with Crippen molar-refractivity contribution in [3.63, 3.8) is 0 Å². The fourth-order valence-corrected chi connectivity index (χ4v) is 4.65. The number of rotatable bonds is 5. The highest BCUT2D eigenvalue weighted by atomic mass is 32.2. The van der Waals surface area contributed by atoms with E-state index < -0.39 is 35.6 Å². The zero-order valence-corrected chi connectivity index (χ0v) is 18.8. The molecular formula is C25H22F3NO3S. The highest BCUT2D eigenvalue weighted by molar-refractivity contribution is 7.99. The number of fused-ring (bicyclic) bond motifs is 1. The average molecular weight is 474 g/mol. The summed E-state index contributed by atoms with van der Waals surface area (Å²) in [6.45, 7) is 4.15. The van der Waals surface area contributed by atoms with Crippen LogP contribution in [0.3, 0.4) is 0 Å². The first-order valence-electron chi connectivity index (χ1n) is 10.5. The highest BCUT2D eigenvalue weighted by Gasteiger charge is 2.25. The Kier molecular flexibility index (Phi) is 6.76. The van der Waals surface area contributed by atoms with Crippen LogP contribution in [0.4, 0.5) is 13.2 Å². The zero-order chi connectivity index (χ0) is 23.7. The Morgan fingerprint density at radius 2 is 1.91 bits per heavy atom. The number of aromatic nitrogens is 1. The molecule has 33 heavy (non-hydrogen) atoms. The molecule has 0 bridgehead atoms. The SMILES string of the molecule is CC(C)Sc1ccc(-c2c(/C=C/[C@@H]3C[C@@H](O)CC(=O)O3)cnc3c(F)c(F)c(F)cc23)cc1. The van der Waals surface area contributed by atoms with E-state index in [4.69, 9.17) is 4.74 Å². The second-order valence-electron chi connectivity index (χ2n) is 8.14. The van der Waals surface area contributed by atoms with Crippen LogP contribution in [0.1, 0.15) is 32.3 Å². The monoisotopic (exact) mass is 473 g/mol. The van der Waals surface area contributed by atoms with Gasteiger partial charge in [-0.25, -0.2) is 13.2 Å². The maximum Gasteiger partial charge on any atom is 0.309 e. The minimum absolute atomic E-state index is 0.0576. The van der Waals surface area contributed by atoms with Crippen LogP contribution in [0, 0.1) is 17.5 Å². The quantitative estimate of drug-likeness (QED) is 0.284. The van der Waals surface area contributed by atoms with Crippen LogP contribution in [-0.2, 0) is 9.53 Å². The Labute approximate surface area is 193 Å². The molecule has 1 aliphatic rings. The van der Waals surface area contributed by atoms with Gasteiger partial charge in [0.05, 0.1) is 12.5 Å². The number of benzene rings is 2. The number of hydrogen-bond acceptors (Lipinski definition) is 5. The summed E-state index contributed by atoms with van der Waals surface area (Å²) in [7, 11) is 0. The molecule has 2 aromatic carbocycles. The van der Waals surface area contributed by atoms with Gasteiger partial charge >= 0.3 is 5.97 Å². The van der Waals surface area contributed by atoms with Crippen LogP contribution in [0.25, 0.3) is 28.1 Å². The minimum atomic E-state index is -1.57. The fourth-order valence-electron chi connectivity index (χ4n) is 3.82. The summed E-state index contributed by atoms with van der Waals surface area (Å²) in [6.07, 6.45) is 3.35. The van der Waals surface area contributed by atoms with E-state index in [1.165, 1.54) is 6.20 Å². The second kappa shape index (κ2) is 9.57. The molecule has 0 radical (unpaired) electrons. The van der Waals surface area contributed by atoms with E-state index in [1.54, 1.807) is 23.9 Å². The van der Waals surface area contributed by atoms with Gasteiger partial charge < -0.3 is 9.84 Å². The topological polar surface area (TPSA) is 59.4 Å². The van der Waals surface area contributed by atoms with E-state index in [-0.39, 0.29) is 23.7 Å². The van der Waals surface area contributed by atoms with E-state index >= 15 is 0 Å². The Morgan fingerprint density at radius 3 is 2.58 bits per heavy atom. The van der Waals surface area contributed by atoms with Crippen molar-refractivity contribution in [2.24, 2.45) is 0 Å². The number of carbonyl (C=O) groups excluding carboxylic acids is 1. The lowest BCUT2D eigenvalue weighted by Gasteiger charge is -2.23. The van der Waals surface area contributed by atoms with Crippen LogP contribution in [0.2, 0.25) is 0 Å². The number of carbonyl (C=O) groups is 1. The lowest BCUT2D eigenvalue weighted by atomic mass is 9.95. The number of thioether (sulfide) groups is 1. The molecule has 1 aliphatic heterocycles. The summed E-state index contributed by atoms with van der Waals surface area (Å²) in [6, 6.07) is 8.43. The van der Waals surface area contributed by atoms with Gasteiger partial charge in [0.25, 0.3) is 0 Å². The van der Waals surface area contributed by atoms with Crippen LogP contribution < -0.4 is 0 Å². The number of pyridine rings is 1. The van der Waals surface area contributed by atoms with Gasteiger partial charge in [-0.05, 0) is 29.8 Å². The largest absolute Gasteiger partial charge is 0.458 e. The average Bonchev–Trinajstić information content (AvgIpc) is 2.75. The second-order valence-corrected chi connectivity index (χ2v) is 9.79. The molecule has 0 aliphatic carbocycles. The third kappa shape index (κ3) is 5.07. The lowest BCUT2D eigenvalue weighted by molar-refractivity contribution is -0.156. The predicted molar refractivity (Wildman–Crippen MR) is 122 cm³/mol. The van der Waals surface area contributed by atoms with Crippen molar-refractivity contribution in [3.05, 3.63) is 65.6 Å². The molecule has 8 heteroatoms. The summed E-state index contributed by atoms with van der Waals surface area (Å²) in [5.41, 5.74) is 1.37. The molecular weight excluding hydrogens is 451 g/mol. The van der Waals surface area contributed by atoms with Gasteiger partial charge in [0, 0.05) is 39.3 Å². The molecule has 4 rings (SSSR count). The molecule has 0 amide bonds. The number of esters is 1. The van der Waals surface area contributed by atoms with Gasteiger partial charge in [0.2, 0.25) is 0 Å². The molecule has 0 spiro atoms. The Bertz CT molecular complexity index is 1230. The van der Waals surface area contributed by atoms with E-state index in [2.05, 4.69) is 18.8 Å². The Morgan fingerprint density at radius 1 is 1.18 bits per heavy atom. The number of cyclic esters (lactones) is 1. The minimum Gasteiger partial charge on any atom is -0.458 e. The van der Waals surface area contributed by atoms with Crippen molar-refractivity contribution >= 4 is 34.7 Å². The van der Waals surface area contributed by atoms with Crippen molar-refractivity contribution < 1.29 is 27.8 Å². The molecule has 0 saturated carbocycles. The molecule has 172 valence electrons. The molecule has 2 atom stereocenters. The first kappa shape index (κ1) is 23.3. The number of aliphatic hydroxyl groups is 1. The van der Waals surface area contributed by atoms with Crippen molar-refractivity contribution in [3.8, 4) is 11.1 Å². The van der Waals surface area contributed by atoms with Gasteiger partial charge in [-0.15, -0.1) is 11.8 Å². The molecule has 4 nitrogen and oxygen atoms in total. The van der Waals surface area contributed by atoms with Crippen molar-refractivity contribution in [2.45, 2.75) is 49.0 Å². The molecule has 3 aromatic rings. The van der Waals surface area contributed by atoms with E-state index in [0.717, 1.165) is 11.0 Å². The Hall–Kier alpha value is -2.84. The highest BCUT2D eigenvalue weighted by Crippen LogP contribution is 2.36. The van der Waals surface area contributed by atoms with Crippen LogP contribution in [0.15, 0.2) is 47.5 Å². The van der Waals surface area contributed by atoms with Gasteiger partial charge in [0.15, 0.2) is 17.5 Å². The third-order valence-corrected chi connectivity index (χ3v) is 6.24. The zero-order valence-electron chi connectivity index (χ0n) is 18.0. The number of halogens is 3. The molecule has 1 saturated heterocycles. The Balaban J connectivity index is 1.83. The van der Waals surface area contributed by atoms with Crippen LogP contribution in [0.5, 0.6) is 0 Å². The maximum absolute atomic E-state index is 14.5. The normalized spacial score (nSPS) is 18.9. The van der Waals surface area contributed by atoms with Gasteiger partial charge in [0.1, 0.15) is 11.6 Å². The fraction of sp³-hybridized carbons (Fsp3) is 0.280. The summed E-state index contributed by atoms with van der Waals surface area (Å²) in [5, 5.41) is 10.3. The van der Waals surface area contributed by atoms with Crippen LogP contribution >= 0.6 is 11.8 Å². The van der Waals surface area contributed by atoms with Crippen molar-refractivity contribution in [1.29, 1.82) is 0 Å². The van der Waals surface area contributed by atoms with Gasteiger partial charge in [-0.2, -0.15) is 0 Å². The van der Waals surface area contributed by atoms with E-state index in [0.29, 0.717) is 21.9 Å². The summed E-state index contributed by atoms with van der Waals surface area (Å²) in [5.74, 6) is -4.73. The number of hydrogen-bond donors (Lipinski definition) is 1. The predicted octanol–water partition coefficient (Wildman–Crippen LogP) is 5.90. The number of ether oxygens (including phenoxy) is 1. The number of aliphatic hydroxyl groups excluding tert-OH is 1. The van der Waals surface area contributed by atoms with E-state index in [9.17, 15) is 23.1 Å². The van der Waals surface area contributed by atoms with Crippen LogP contribution in [-0.4, -0.2) is 33.5 Å². The standard InChI is InChI=1S/C25H22F3NO3S/c1-13(2)33-18-7-4-14(5-8-18)22-15(3-6-17-9-16(30)10-21(31)32-17)12-29-25-19(22)11-20(26)23(27)24(25)28/h3-8,11-13,16-17,30H,9-10H2,1-2H3/b6-3+/t16-,17-/m1/s1. The smallest absolute Gasteiger partial charge is 0.309 e. The molecule has 1 fully saturated rings. The van der Waals surface area contributed by atoms with E-state index in [1.807, 2.05) is 24.3 Å². The molecule has 1 aromatic heterocycles. The number of nitrogens with zero attached hydrogens (tertiary/aromatic N) is 1. The molecule has 0 unspecified atom stereocenters. The summed E-state index contributed by atoms with van der Waals surface area (Å²) < 4.78 is 47.7. The summed E-state index contributed by atoms with van der Waals surface area (Å²) in [4.78, 5) is 16.7. The first-order chi connectivity index (χ1) is 15.7. The van der Waals surface area contributed by atoms with Gasteiger partial charge in [-0.3, -0.25) is 9.78 Å². The maximum atomic E-state index is 14.5. The third-order valence-electron chi connectivity index (χ3n) is 5.22. The molecule has 1 N–H and O–H groups in total.